The predicted molar refractivity (Wildman–Crippen MR) is 108 cm³/mol. The molecule has 0 fully saturated rings. The van der Waals surface area contributed by atoms with Crippen LogP contribution in [0.2, 0.25) is 0 Å². The number of benzene rings is 3. The molecule has 3 aromatic carbocycles. The van der Waals surface area contributed by atoms with Crippen LogP contribution >= 0.6 is 0 Å². The Bertz CT molecular complexity index is 1060. The van der Waals surface area contributed by atoms with Crippen LogP contribution in [0.25, 0.3) is 0 Å². The molecule has 2 aliphatic rings. The Morgan fingerprint density at radius 1 is 1.03 bits per heavy atom. The smallest absolute Gasteiger partial charge is 0.258 e. The molecule has 6 heteroatoms. The topological polar surface area (TPSA) is 60.0 Å². The molecular formula is C23H20N2O4. The number of carbonyl (C=O) groups is 1. The van der Waals surface area contributed by atoms with Gasteiger partial charge in [0.2, 0.25) is 6.79 Å². The number of nitrogens with one attached hydrogen (secondary N) is 1. The van der Waals surface area contributed by atoms with Gasteiger partial charge in [0, 0.05) is 12.2 Å². The molecule has 1 atom stereocenters. The summed E-state index contributed by atoms with van der Waals surface area (Å²) in [4.78, 5) is 15.2. The zero-order valence-corrected chi connectivity index (χ0v) is 15.9. The van der Waals surface area contributed by atoms with Gasteiger partial charge in [-0.2, -0.15) is 0 Å². The lowest BCUT2D eigenvalue weighted by Crippen LogP contribution is -2.42. The number of amides is 1. The number of ether oxygens (including phenoxy) is 3. The molecule has 0 radical (unpaired) electrons. The molecule has 2 heterocycles. The maximum absolute atomic E-state index is 13.4. The monoisotopic (exact) mass is 388 g/mol. The van der Waals surface area contributed by atoms with Crippen molar-refractivity contribution in [2.45, 2.75) is 12.7 Å². The highest BCUT2D eigenvalue weighted by atomic mass is 16.7. The number of para-hydroxylation sites is 1. The summed E-state index contributed by atoms with van der Waals surface area (Å²) in [7, 11) is 1.64. The molecule has 1 amide bonds. The van der Waals surface area contributed by atoms with Gasteiger partial charge in [-0.05, 0) is 47.5 Å². The summed E-state index contributed by atoms with van der Waals surface area (Å²) in [5.74, 6) is 2.20. The number of nitrogens with zero attached hydrogens (tertiary/aromatic N) is 1. The summed E-state index contributed by atoms with van der Waals surface area (Å²) < 4.78 is 16.2. The number of fused-ring (bicyclic) bond motifs is 2. The molecule has 3 aromatic rings. The van der Waals surface area contributed by atoms with Crippen molar-refractivity contribution < 1.29 is 19.0 Å². The van der Waals surface area contributed by atoms with Crippen LogP contribution in [0.3, 0.4) is 0 Å². The van der Waals surface area contributed by atoms with E-state index in [-0.39, 0.29) is 18.9 Å². The summed E-state index contributed by atoms with van der Waals surface area (Å²) in [5, 5.41) is 3.51. The van der Waals surface area contributed by atoms with Crippen LogP contribution in [0.5, 0.6) is 17.2 Å². The highest BCUT2D eigenvalue weighted by molar-refractivity contribution is 6.01. The van der Waals surface area contributed by atoms with Crippen LogP contribution in [0.4, 0.5) is 5.69 Å². The van der Waals surface area contributed by atoms with E-state index < -0.39 is 0 Å². The van der Waals surface area contributed by atoms with E-state index in [9.17, 15) is 4.79 Å². The molecule has 0 saturated carbocycles. The maximum atomic E-state index is 13.4. The van der Waals surface area contributed by atoms with Gasteiger partial charge in [0.1, 0.15) is 11.9 Å². The van der Waals surface area contributed by atoms with E-state index in [0.29, 0.717) is 17.9 Å². The van der Waals surface area contributed by atoms with Gasteiger partial charge in [-0.1, -0.05) is 30.3 Å². The molecule has 1 N–H and O–H groups in total. The van der Waals surface area contributed by atoms with Crippen molar-refractivity contribution >= 4 is 11.6 Å². The van der Waals surface area contributed by atoms with E-state index in [4.69, 9.17) is 14.2 Å². The number of hydrogen-bond acceptors (Lipinski definition) is 5. The van der Waals surface area contributed by atoms with Crippen molar-refractivity contribution in [2.75, 3.05) is 19.2 Å². The molecule has 0 unspecified atom stereocenters. The van der Waals surface area contributed by atoms with Gasteiger partial charge in [0.05, 0.1) is 12.7 Å². The van der Waals surface area contributed by atoms with Gasteiger partial charge < -0.3 is 24.4 Å². The van der Waals surface area contributed by atoms with Crippen LogP contribution < -0.4 is 19.5 Å². The molecule has 29 heavy (non-hydrogen) atoms. The van der Waals surface area contributed by atoms with Crippen molar-refractivity contribution in [3.05, 3.63) is 83.4 Å². The van der Waals surface area contributed by atoms with Crippen LogP contribution in [0.15, 0.2) is 66.7 Å². The highest BCUT2D eigenvalue weighted by Gasteiger charge is 2.33. The van der Waals surface area contributed by atoms with Gasteiger partial charge in [-0.3, -0.25) is 4.79 Å². The van der Waals surface area contributed by atoms with Crippen molar-refractivity contribution in [3.63, 3.8) is 0 Å². The van der Waals surface area contributed by atoms with Crippen molar-refractivity contribution in [2.24, 2.45) is 0 Å². The van der Waals surface area contributed by atoms with E-state index >= 15 is 0 Å². The second kappa shape index (κ2) is 7.05. The minimum absolute atomic E-state index is 0.0159. The van der Waals surface area contributed by atoms with Crippen LogP contribution in [0, 0.1) is 0 Å². The Morgan fingerprint density at radius 3 is 2.66 bits per heavy atom. The first-order valence-electron chi connectivity index (χ1n) is 9.42. The number of methoxy groups -OCH3 is 1. The maximum Gasteiger partial charge on any atom is 0.258 e. The van der Waals surface area contributed by atoms with E-state index in [0.717, 1.165) is 28.3 Å². The molecule has 5 rings (SSSR count). The van der Waals surface area contributed by atoms with Crippen LogP contribution in [0.1, 0.15) is 27.7 Å². The summed E-state index contributed by atoms with van der Waals surface area (Å²) in [6, 6.07) is 21.1. The summed E-state index contributed by atoms with van der Waals surface area (Å²) >= 11 is 0. The third-order valence-corrected chi connectivity index (χ3v) is 5.24. The second-order valence-corrected chi connectivity index (χ2v) is 6.99. The van der Waals surface area contributed by atoms with Crippen LogP contribution in [-0.4, -0.2) is 24.7 Å². The fourth-order valence-electron chi connectivity index (χ4n) is 3.74. The van der Waals surface area contributed by atoms with E-state index in [2.05, 4.69) is 5.32 Å². The summed E-state index contributed by atoms with van der Waals surface area (Å²) in [6.07, 6.45) is -0.297. The van der Waals surface area contributed by atoms with Gasteiger partial charge in [0.25, 0.3) is 5.91 Å². The third-order valence-electron chi connectivity index (χ3n) is 5.24. The van der Waals surface area contributed by atoms with Gasteiger partial charge in [-0.15, -0.1) is 0 Å². The first-order chi connectivity index (χ1) is 14.2. The fourth-order valence-corrected chi connectivity index (χ4v) is 3.74. The Hall–Kier alpha value is -3.67. The fraction of sp³-hybridized carbons (Fsp3) is 0.174. The quantitative estimate of drug-likeness (QED) is 0.726. The zero-order valence-electron chi connectivity index (χ0n) is 15.9. The Morgan fingerprint density at radius 2 is 1.83 bits per heavy atom. The molecule has 0 saturated heterocycles. The summed E-state index contributed by atoms with van der Waals surface area (Å²) in [5.41, 5.74) is 3.45. The molecule has 0 bridgehead atoms. The van der Waals surface area contributed by atoms with Crippen LogP contribution in [-0.2, 0) is 6.54 Å². The molecular weight excluding hydrogens is 368 g/mol. The van der Waals surface area contributed by atoms with Gasteiger partial charge >= 0.3 is 0 Å². The van der Waals surface area contributed by atoms with Crippen molar-refractivity contribution in [3.8, 4) is 17.2 Å². The second-order valence-electron chi connectivity index (χ2n) is 6.99. The average Bonchev–Trinajstić information content (AvgIpc) is 3.24. The van der Waals surface area contributed by atoms with E-state index in [1.165, 1.54) is 0 Å². The summed E-state index contributed by atoms with van der Waals surface area (Å²) in [6.45, 7) is 0.665. The molecule has 0 spiro atoms. The number of anilines is 1. The molecule has 0 aromatic heterocycles. The molecule has 0 aliphatic carbocycles. The lowest BCUT2D eigenvalue weighted by atomic mass is 10.0. The average molecular weight is 388 g/mol. The van der Waals surface area contributed by atoms with E-state index in [1.54, 1.807) is 7.11 Å². The molecule has 2 aliphatic heterocycles. The Labute approximate surface area is 168 Å². The minimum atomic E-state index is -0.297. The lowest BCUT2D eigenvalue weighted by molar-refractivity contribution is 0.0666. The molecule has 146 valence electrons. The number of hydrogen-bond donors (Lipinski definition) is 1. The number of carbonyl (C=O) groups excluding carboxylic acids is 1. The zero-order chi connectivity index (χ0) is 19.8. The van der Waals surface area contributed by atoms with Gasteiger partial charge in [-0.25, -0.2) is 0 Å². The van der Waals surface area contributed by atoms with Crippen molar-refractivity contribution in [1.82, 2.24) is 4.90 Å². The van der Waals surface area contributed by atoms with Crippen molar-refractivity contribution in [1.29, 1.82) is 0 Å². The molecule has 6 nitrogen and oxygen atoms in total. The lowest BCUT2D eigenvalue weighted by Gasteiger charge is -2.38. The standard InChI is InChI=1S/C23H20N2O4/c1-27-17-9-7-16(8-10-17)22-24-19-5-3-2-4-18(19)23(26)25(22)13-15-6-11-20-21(12-15)29-14-28-20/h2-12,22,24H,13-14H2,1H3/t22-/m1/s1. The largest absolute Gasteiger partial charge is 0.497 e. The number of rotatable bonds is 4. The SMILES string of the molecule is COc1ccc([C@@H]2Nc3ccccc3C(=O)N2Cc2ccc3c(c2)OCO3)cc1. The first kappa shape index (κ1) is 17.4. The first-order valence-corrected chi connectivity index (χ1v) is 9.42. The Kier molecular flexibility index (Phi) is 4.24. The minimum Gasteiger partial charge on any atom is -0.497 e. The van der Waals surface area contributed by atoms with E-state index in [1.807, 2.05) is 71.6 Å². The highest BCUT2D eigenvalue weighted by Crippen LogP contribution is 2.37. The third kappa shape index (κ3) is 3.12. The normalized spacial score (nSPS) is 16.9. The Balaban J connectivity index is 1.52. The predicted octanol–water partition coefficient (Wildman–Crippen LogP) is 4.19. The van der Waals surface area contributed by atoms with Gasteiger partial charge in [0.15, 0.2) is 11.5 Å².